The van der Waals surface area contributed by atoms with E-state index in [2.05, 4.69) is 34.5 Å². The van der Waals surface area contributed by atoms with E-state index in [-0.39, 0.29) is 0 Å². The van der Waals surface area contributed by atoms with Gasteiger partial charge in [-0.15, -0.1) is 0 Å². The molecule has 2 saturated carbocycles. The number of anilines is 1. The van der Waals surface area contributed by atoms with Crippen molar-refractivity contribution in [2.75, 3.05) is 11.4 Å². The number of nitrogens with one attached hydrogen (secondary N) is 1. The lowest BCUT2D eigenvalue weighted by Crippen LogP contribution is -2.35. The normalized spacial score (nSPS) is 26.7. The van der Waals surface area contributed by atoms with Crippen LogP contribution in [0.3, 0.4) is 0 Å². The van der Waals surface area contributed by atoms with E-state index in [1.807, 2.05) is 0 Å². The van der Waals surface area contributed by atoms with Crippen molar-refractivity contribution in [3.8, 4) is 0 Å². The van der Waals surface area contributed by atoms with E-state index >= 15 is 0 Å². The Morgan fingerprint density at radius 2 is 1.76 bits per heavy atom. The van der Waals surface area contributed by atoms with Crippen LogP contribution in [-0.4, -0.2) is 18.6 Å². The zero-order valence-electron chi connectivity index (χ0n) is 13.1. The van der Waals surface area contributed by atoms with Crippen molar-refractivity contribution in [1.29, 1.82) is 0 Å². The van der Waals surface area contributed by atoms with Gasteiger partial charge in [-0.05, 0) is 56.1 Å². The molecule has 1 atom stereocenters. The number of rotatable bonds is 5. The van der Waals surface area contributed by atoms with Crippen LogP contribution >= 0.6 is 0 Å². The molecule has 0 radical (unpaired) electrons. The van der Waals surface area contributed by atoms with Gasteiger partial charge in [0.2, 0.25) is 0 Å². The minimum Gasteiger partial charge on any atom is -0.368 e. The quantitative estimate of drug-likeness (QED) is 0.876. The first kappa shape index (κ1) is 13.6. The molecule has 2 heteroatoms. The molecule has 0 aromatic heterocycles. The molecule has 1 N–H and O–H groups in total. The number of hydrogen-bond donors (Lipinski definition) is 1. The van der Waals surface area contributed by atoms with Crippen molar-refractivity contribution < 1.29 is 0 Å². The average Bonchev–Trinajstić information content (AvgIpc) is 3.01. The molecule has 3 fully saturated rings. The zero-order valence-corrected chi connectivity index (χ0v) is 13.1. The minimum absolute atomic E-state index is 0.794. The Balaban J connectivity index is 1.53. The molecule has 0 spiro atoms. The maximum absolute atomic E-state index is 3.69. The zero-order chi connectivity index (χ0) is 14.1. The predicted octanol–water partition coefficient (Wildman–Crippen LogP) is 4.10. The van der Waals surface area contributed by atoms with Gasteiger partial charge in [0, 0.05) is 30.9 Å². The van der Waals surface area contributed by atoms with Crippen LogP contribution in [0.2, 0.25) is 0 Å². The van der Waals surface area contributed by atoms with E-state index in [0.29, 0.717) is 0 Å². The Kier molecular flexibility index (Phi) is 3.89. The van der Waals surface area contributed by atoms with E-state index in [9.17, 15) is 0 Å². The highest BCUT2D eigenvalue weighted by Gasteiger charge is 2.34. The summed E-state index contributed by atoms with van der Waals surface area (Å²) in [4.78, 5) is 2.75. The molecule has 0 bridgehead atoms. The molecule has 2 nitrogen and oxygen atoms in total. The molecule has 21 heavy (non-hydrogen) atoms. The Morgan fingerprint density at radius 1 is 0.952 bits per heavy atom. The van der Waals surface area contributed by atoms with Gasteiger partial charge in [-0.3, -0.25) is 0 Å². The molecule has 2 aliphatic carbocycles. The number of para-hydroxylation sites is 1. The van der Waals surface area contributed by atoms with Gasteiger partial charge in [0.25, 0.3) is 0 Å². The third-order valence-electron chi connectivity index (χ3n) is 5.70. The van der Waals surface area contributed by atoms with Gasteiger partial charge in [-0.1, -0.05) is 31.0 Å². The number of benzene rings is 1. The minimum atomic E-state index is 0.794. The molecule has 1 heterocycles. The highest BCUT2D eigenvalue weighted by atomic mass is 15.2. The molecule has 114 valence electrons. The van der Waals surface area contributed by atoms with Crippen LogP contribution < -0.4 is 10.2 Å². The van der Waals surface area contributed by atoms with Gasteiger partial charge >= 0.3 is 0 Å². The fraction of sp³-hybridized carbons (Fsp3) is 0.684. The van der Waals surface area contributed by atoms with Crippen molar-refractivity contribution in [2.45, 2.75) is 70.0 Å². The molecule has 0 amide bonds. The molecule has 3 aliphatic rings. The summed E-state index contributed by atoms with van der Waals surface area (Å²) in [6.45, 7) is 2.32. The third-order valence-corrected chi connectivity index (χ3v) is 5.70. The highest BCUT2D eigenvalue weighted by molar-refractivity contribution is 5.55. The monoisotopic (exact) mass is 284 g/mol. The smallest absolute Gasteiger partial charge is 0.0414 e. The standard InChI is InChI=1S/C19H28N2/c1-2-7-15(6-1)18-10-5-13-21(18)19-9-4-3-8-16(19)14-20-17-11-12-17/h3-4,8-9,15,17-18,20H,1-2,5-7,10-14H2. The summed E-state index contributed by atoms with van der Waals surface area (Å²) >= 11 is 0. The molecular weight excluding hydrogens is 256 g/mol. The molecular formula is C19H28N2. The second-order valence-corrected chi connectivity index (χ2v) is 7.23. The van der Waals surface area contributed by atoms with Crippen LogP contribution in [0.4, 0.5) is 5.69 Å². The number of nitrogens with zero attached hydrogens (tertiary/aromatic N) is 1. The van der Waals surface area contributed by atoms with E-state index in [4.69, 9.17) is 0 Å². The first-order chi connectivity index (χ1) is 10.4. The topological polar surface area (TPSA) is 15.3 Å². The van der Waals surface area contributed by atoms with Crippen LogP contribution in [0.1, 0.15) is 56.9 Å². The van der Waals surface area contributed by atoms with Crippen LogP contribution in [0.15, 0.2) is 24.3 Å². The average molecular weight is 284 g/mol. The Bertz CT molecular complexity index is 474. The van der Waals surface area contributed by atoms with E-state index < -0.39 is 0 Å². The Morgan fingerprint density at radius 3 is 2.57 bits per heavy atom. The van der Waals surface area contributed by atoms with Gasteiger partial charge in [-0.2, -0.15) is 0 Å². The van der Waals surface area contributed by atoms with E-state index in [0.717, 1.165) is 24.5 Å². The predicted molar refractivity (Wildman–Crippen MR) is 88.6 cm³/mol. The SMILES string of the molecule is c1ccc(N2CCCC2C2CCCC2)c(CNC2CC2)c1. The first-order valence-electron chi connectivity index (χ1n) is 9.00. The number of hydrogen-bond acceptors (Lipinski definition) is 2. The lowest BCUT2D eigenvalue weighted by molar-refractivity contribution is 0.430. The highest BCUT2D eigenvalue weighted by Crippen LogP contribution is 2.38. The first-order valence-corrected chi connectivity index (χ1v) is 9.00. The molecule has 1 unspecified atom stereocenters. The van der Waals surface area contributed by atoms with Crippen LogP contribution in [0.5, 0.6) is 0 Å². The van der Waals surface area contributed by atoms with Crippen molar-refractivity contribution in [1.82, 2.24) is 5.32 Å². The van der Waals surface area contributed by atoms with Gasteiger partial charge in [0.1, 0.15) is 0 Å². The van der Waals surface area contributed by atoms with Crippen LogP contribution in [0, 0.1) is 5.92 Å². The van der Waals surface area contributed by atoms with E-state index in [1.165, 1.54) is 69.2 Å². The molecule has 4 rings (SSSR count). The largest absolute Gasteiger partial charge is 0.368 e. The Hall–Kier alpha value is -1.02. The summed E-state index contributed by atoms with van der Waals surface area (Å²) in [5, 5.41) is 3.69. The van der Waals surface area contributed by atoms with Gasteiger partial charge in [0.05, 0.1) is 0 Å². The maximum atomic E-state index is 3.69. The van der Waals surface area contributed by atoms with Crippen LogP contribution in [-0.2, 0) is 6.54 Å². The maximum Gasteiger partial charge on any atom is 0.0414 e. The van der Waals surface area contributed by atoms with E-state index in [1.54, 1.807) is 0 Å². The summed E-state index contributed by atoms with van der Waals surface area (Å²) in [5.41, 5.74) is 3.02. The fourth-order valence-corrected chi connectivity index (χ4v) is 4.41. The fourth-order valence-electron chi connectivity index (χ4n) is 4.41. The summed E-state index contributed by atoms with van der Waals surface area (Å²) in [6.07, 6.45) is 11.4. The summed E-state index contributed by atoms with van der Waals surface area (Å²) in [6, 6.07) is 10.7. The summed E-state index contributed by atoms with van der Waals surface area (Å²) in [7, 11) is 0. The van der Waals surface area contributed by atoms with Crippen molar-refractivity contribution >= 4 is 5.69 Å². The molecule has 1 aromatic rings. The third kappa shape index (κ3) is 2.96. The lowest BCUT2D eigenvalue weighted by atomic mass is 9.95. The summed E-state index contributed by atoms with van der Waals surface area (Å²) < 4.78 is 0. The second kappa shape index (κ2) is 6.00. The van der Waals surface area contributed by atoms with Crippen molar-refractivity contribution in [3.05, 3.63) is 29.8 Å². The molecule has 1 saturated heterocycles. The van der Waals surface area contributed by atoms with Crippen molar-refractivity contribution in [3.63, 3.8) is 0 Å². The lowest BCUT2D eigenvalue weighted by Gasteiger charge is -2.33. The van der Waals surface area contributed by atoms with Gasteiger partial charge in [-0.25, -0.2) is 0 Å². The summed E-state index contributed by atoms with van der Waals surface area (Å²) in [5.74, 6) is 0.956. The Labute approximate surface area is 128 Å². The van der Waals surface area contributed by atoms with Crippen molar-refractivity contribution in [2.24, 2.45) is 5.92 Å². The van der Waals surface area contributed by atoms with Crippen LogP contribution in [0.25, 0.3) is 0 Å². The molecule has 1 aromatic carbocycles. The van der Waals surface area contributed by atoms with Gasteiger partial charge in [0.15, 0.2) is 0 Å². The second-order valence-electron chi connectivity index (χ2n) is 7.23. The van der Waals surface area contributed by atoms with Gasteiger partial charge < -0.3 is 10.2 Å². The molecule has 1 aliphatic heterocycles.